The van der Waals surface area contributed by atoms with Gasteiger partial charge in [-0.1, -0.05) is 237 Å². The molecule has 6 aliphatic carbocycles. The van der Waals surface area contributed by atoms with Crippen LogP contribution in [0.4, 0.5) is 17.1 Å². The molecule has 6 aliphatic rings. The largest absolute Gasteiger partial charge is 0.454 e. The predicted octanol–water partition coefficient (Wildman–Crippen LogP) is 20.2. The van der Waals surface area contributed by atoms with Gasteiger partial charge in [0.25, 0.3) is 0 Å². The van der Waals surface area contributed by atoms with Gasteiger partial charge in [0, 0.05) is 43.7 Å². The van der Waals surface area contributed by atoms with Crippen LogP contribution in [0.1, 0.15) is 77.8 Å². The summed E-state index contributed by atoms with van der Waals surface area (Å²) in [5, 5.41) is 2.23. The van der Waals surface area contributed by atoms with E-state index in [2.05, 4.69) is 273 Å². The fourth-order valence-corrected chi connectivity index (χ4v) is 19.1. The lowest BCUT2D eigenvalue weighted by molar-refractivity contribution is 0.0858. The van der Waals surface area contributed by atoms with E-state index in [0.29, 0.717) is 17.8 Å². The van der Waals surface area contributed by atoms with Crippen LogP contribution < -0.4 is 4.90 Å². The molecule has 0 radical (unpaired) electrons. The quantitative estimate of drug-likeness (QED) is 0.171. The molecular weight excluding hydrogens is 967 g/mol. The maximum absolute atomic E-state index is 6.85. The molecular formula is C78H57NO. The van der Waals surface area contributed by atoms with Crippen LogP contribution in [-0.4, -0.2) is 0 Å². The highest BCUT2D eigenvalue weighted by Crippen LogP contribution is 2.87. The smallest absolute Gasteiger partial charge is 0.159 e. The molecule has 1 aromatic heterocycles. The summed E-state index contributed by atoms with van der Waals surface area (Å²) in [4.78, 5) is 2.42. The van der Waals surface area contributed by atoms with Gasteiger partial charge >= 0.3 is 0 Å². The molecule has 80 heavy (non-hydrogen) atoms. The zero-order chi connectivity index (χ0) is 52.5. The molecule has 2 heteroatoms. The molecule has 7 atom stereocenters. The highest BCUT2D eigenvalue weighted by atomic mass is 16.3. The van der Waals surface area contributed by atoms with Crippen molar-refractivity contribution >= 4 is 39.0 Å². The summed E-state index contributed by atoms with van der Waals surface area (Å²) in [5.74, 6) is 0.997. The standard InChI is InChI=1S/C78H57NO/c1-75-48-77-46-51(45-76-47-68(58-27-7-6-25-56(58)57-26-10-15-35-65(57)76)78(75,74(76)77)66-36-16-11-29-60(66)59-28-9-14-34-64(59)75)53-23-5-8-31-62(53)72-55(32-19-37-67(72)77)50-41-43-52(44-42-50)79(69-38-17-12-24-54(69)49-21-3-2-4-22-49)70-39-20-33-63-61-30-13-18-40-71(61)80-73(63)70/h2-44,51,68,74H,45-48H2,1H3. The Morgan fingerprint density at radius 3 is 1.75 bits per heavy atom. The van der Waals surface area contributed by atoms with Gasteiger partial charge in [0.2, 0.25) is 0 Å². The summed E-state index contributed by atoms with van der Waals surface area (Å²) < 4.78 is 6.85. The number of para-hydroxylation sites is 3. The van der Waals surface area contributed by atoms with Gasteiger partial charge in [-0.2, -0.15) is 0 Å². The van der Waals surface area contributed by atoms with E-state index in [9.17, 15) is 0 Å². The maximum atomic E-state index is 6.85. The topological polar surface area (TPSA) is 16.4 Å². The summed E-state index contributed by atoms with van der Waals surface area (Å²) in [6.45, 7) is 2.75. The minimum Gasteiger partial charge on any atom is -0.454 e. The molecule has 1 heterocycles. The molecule has 3 saturated carbocycles. The number of hydrogen-bond acceptors (Lipinski definition) is 2. The monoisotopic (exact) mass is 1020 g/mol. The fraction of sp³-hybridized carbons (Fsp3) is 0.154. The van der Waals surface area contributed by atoms with Crippen LogP contribution in [0.25, 0.3) is 77.6 Å². The van der Waals surface area contributed by atoms with Crippen LogP contribution >= 0.6 is 0 Å². The molecule has 12 aromatic rings. The molecule has 4 bridgehead atoms. The third-order valence-corrected chi connectivity index (χ3v) is 21.3. The minimum atomic E-state index is -0.194. The van der Waals surface area contributed by atoms with Crippen molar-refractivity contribution in [1.29, 1.82) is 0 Å². The number of hydrogen-bond donors (Lipinski definition) is 0. The Labute approximate surface area is 467 Å². The number of anilines is 3. The fourth-order valence-electron chi connectivity index (χ4n) is 19.1. The van der Waals surface area contributed by atoms with Gasteiger partial charge in [-0.25, -0.2) is 0 Å². The second-order valence-electron chi connectivity index (χ2n) is 24.5. The minimum absolute atomic E-state index is 0.102. The SMILES string of the molecule is CC12CC34CC(CC56CC(c7ccccc7-c7ccccc75)C1(c1ccccc1-c1ccccc12)C63)c1ccccc1-c1c(-c2ccc(N(c3ccccc3-c3ccccc3)c3cccc5c3oc3ccccc35)cc2)cccc14. The molecule has 0 aliphatic heterocycles. The first kappa shape index (κ1) is 44.9. The number of benzene rings is 11. The van der Waals surface area contributed by atoms with E-state index in [1.807, 2.05) is 0 Å². The van der Waals surface area contributed by atoms with Crippen LogP contribution in [0, 0.1) is 5.92 Å². The van der Waals surface area contributed by atoms with Gasteiger partial charge in [-0.15, -0.1) is 0 Å². The van der Waals surface area contributed by atoms with E-state index in [4.69, 9.17) is 4.42 Å². The van der Waals surface area contributed by atoms with E-state index in [-0.39, 0.29) is 21.7 Å². The third-order valence-electron chi connectivity index (χ3n) is 21.3. The number of fused-ring (bicyclic) bond motifs is 16. The van der Waals surface area contributed by atoms with E-state index >= 15 is 0 Å². The van der Waals surface area contributed by atoms with Crippen LogP contribution in [0.3, 0.4) is 0 Å². The second-order valence-corrected chi connectivity index (χ2v) is 24.5. The lowest BCUT2D eigenvalue weighted by Gasteiger charge is -2.58. The first-order chi connectivity index (χ1) is 39.5. The van der Waals surface area contributed by atoms with Crippen molar-refractivity contribution in [3.63, 3.8) is 0 Å². The summed E-state index contributed by atoms with van der Waals surface area (Å²) in [6, 6.07) is 100. The normalized spacial score (nSPS) is 24.7. The summed E-state index contributed by atoms with van der Waals surface area (Å²) in [6.07, 6.45) is 4.49. The average Bonchev–Trinajstić information content (AvgIpc) is 2.42. The van der Waals surface area contributed by atoms with Crippen LogP contribution in [0.2, 0.25) is 0 Å². The molecule has 18 rings (SSSR count). The zero-order valence-electron chi connectivity index (χ0n) is 44.7. The Bertz CT molecular complexity index is 4570. The lowest BCUT2D eigenvalue weighted by Crippen LogP contribution is -2.56. The van der Waals surface area contributed by atoms with Crippen LogP contribution in [-0.2, 0) is 21.7 Å². The molecule has 0 N–H and O–H groups in total. The van der Waals surface area contributed by atoms with Gasteiger partial charge in [-0.3, -0.25) is 0 Å². The van der Waals surface area contributed by atoms with Crippen molar-refractivity contribution in [2.24, 2.45) is 5.92 Å². The summed E-state index contributed by atoms with van der Waals surface area (Å²) >= 11 is 0. The van der Waals surface area contributed by atoms with Crippen molar-refractivity contribution < 1.29 is 4.42 Å². The Balaban J connectivity index is 0.889. The molecule has 3 fully saturated rings. The van der Waals surface area contributed by atoms with E-state index in [1.54, 1.807) is 22.3 Å². The first-order valence-corrected chi connectivity index (χ1v) is 29.1. The molecule has 380 valence electrons. The summed E-state index contributed by atoms with van der Waals surface area (Å²) in [5.41, 5.74) is 27.1. The van der Waals surface area contributed by atoms with Gasteiger partial charge in [0.15, 0.2) is 5.58 Å². The zero-order valence-corrected chi connectivity index (χ0v) is 44.7. The highest BCUT2D eigenvalue weighted by molar-refractivity contribution is 6.11. The lowest BCUT2D eigenvalue weighted by atomic mass is 9.44. The van der Waals surface area contributed by atoms with E-state index in [0.717, 1.165) is 70.2 Å². The van der Waals surface area contributed by atoms with Crippen LogP contribution in [0.15, 0.2) is 265 Å². The maximum Gasteiger partial charge on any atom is 0.159 e. The number of rotatable bonds is 5. The second kappa shape index (κ2) is 16.1. The van der Waals surface area contributed by atoms with Crippen molar-refractivity contribution in [1.82, 2.24) is 0 Å². The molecule has 0 saturated heterocycles. The van der Waals surface area contributed by atoms with Crippen molar-refractivity contribution in [3.05, 3.63) is 294 Å². The number of nitrogens with zero attached hydrogens (tertiary/aromatic N) is 1. The van der Waals surface area contributed by atoms with Gasteiger partial charge in [0.05, 0.1) is 11.4 Å². The summed E-state index contributed by atoms with van der Waals surface area (Å²) in [7, 11) is 0. The molecule has 11 aromatic carbocycles. The first-order valence-electron chi connectivity index (χ1n) is 29.1. The Hall–Kier alpha value is -8.98. The molecule has 2 spiro atoms. The molecule has 2 nitrogen and oxygen atoms in total. The highest BCUT2D eigenvalue weighted by Gasteiger charge is 2.83. The predicted molar refractivity (Wildman–Crippen MR) is 328 cm³/mol. The Morgan fingerprint density at radius 1 is 0.388 bits per heavy atom. The van der Waals surface area contributed by atoms with E-state index in [1.165, 1.54) is 61.2 Å². The Morgan fingerprint density at radius 2 is 0.938 bits per heavy atom. The van der Waals surface area contributed by atoms with Crippen molar-refractivity contribution in [2.45, 2.75) is 66.1 Å². The molecule has 7 unspecified atom stereocenters. The van der Waals surface area contributed by atoms with Crippen molar-refractivity contribution in [3.8, 4) is 55.6 Å². The third kappa shape index (κ3) is 5.54. The molecule has 0 amide bonds. The van der Waals surface area contributed by atoms with Crippen molar-refractivity contribution in [2.75, 3.05) is 4.90 Å². The van der Waals surface area contributed by atoms with E-state index < -0.39 is 0 Å². The van der Waals surface area contributed by atoms with Gasteiger partial charge < -0.3 is 9.32 Å². The average molecular weight is 1020 g/mol. The van der Waals surface area contributed by atoms with Gasteiger partial charge in [-0.05, 0) is 157 Å². The Kier molecular flexibility index (Phi) is 9.03. The van der Waals surface area contributed by atoms with Gasteiger partial charge in [0.1, 0.15) is 5.58 Å². The van der Waals surface area contributed by atoms with Crippen LogP contribution in [0.5, 0.6) is 0 Å². The number of furan rings is 1.